The Kier molecular flexibility index (Phi) is 4.31. The van der Waals surface area contributed by atoms with Crippen LogP contribution in [0.5, 0.6) is 5.75 Å². The summed E-state index contributed by atoms with van der Waals surface area (Å²) in [6, 6.07) is 5.53. The average Bonchev–Trinajstić information content (AvgIpc) is 2.25. The topological polar surface area (TPSA) is 68.3 Å². The second-order valence-corrected chi connectivity index (χ2v) is 3.81. The predicted octanol–water partition coefficient (Wildman–Crippen LogP) is 1.90. The van der Waals surface area contributed by atoms with Gasteiger partial charge in [0.1, 0.15) is 11.6 Å². The molecule has 4 heteroatoms. The zero-order chi connectivity index (χ0) is 12.1. The minimum absolute atomic E-state index is 0.00301. The van der Waals surface area contributed by atoms with Gasteiger partial charge in [-0.3, -0.25) is 5.41 Å². The maximum Gasteiger partial charge on any atom is 0.129 e. The van der Waals surface area contributed by atoms with Gasteiger partial charge < -0.3 is 15.2 Å². The first kappa shape index (κ1) is 12.5. The Bertz CT molecular complexity index is 375. The molecule has 0 unspecified atom stereocenters. The van der Waals surface area contributed by atoms with Gasteiger partial charge in [-0.05, 0) is 31.5 Å². The van der Waals surface area contributed by atoms with Crippen molar-refractivity contribution >= 4 is 5.84 Å². The van der Waals surface area contributed by atoms with Gasteiger partial charge in [0.05, 0.1) is 25.4 Å². The van der Waals surface area contributed by atoms with Gasteiger partial charge in [-0.1, -0.05) is 6.07 Å². The molecule has 0 aromatic heterocycles. The van der Waals surface area contributed by atoms with Gasteiger partial charge in [0.25, 0.3) is 0 Å². The minimum Gasteiger partial charge on any atom is -0.496 e. The highest BCUT2D eigenvalue weighted by molar-refractivity contribution is 5.97. The molecule has 0 bridgehead atoms. The van der Waals surface area contributed by atoms with Crippen LogP contribution in [-0.4, -0.2) is 19.0 Å². The van der Waals surface area contributed by atoms with E-state index in [-0.39, 0.29) is 11.9 Å². The van der Waals surface area contributed by atoms with E-state index >= 15 is 0 Å². The Labute approximate surface area is 95.9 Å². The molecule has 1 aromatic carbocycles. The maximum absolute atomic E-state index is 7.45. The van der Waals surface area contributed by atoms with Crippen LogP contribution in [0.25, 0.3) is 0 Å². The molecule has 0 radical (unpaired) electrons. The molecule has 4 nitrogen and oxygen atoms in total. The van der Waals surface area contributed by atoms with Crippen LogP contribution in [0.15, 0.2) is 18.2 Å². The van der Waals surface area contributed by atoms with E-state index in [0.29, 0.717) is 17.9 Å². The van der Waals surface area contributed by atoms with Crippen LogP contribution in [0, 0.1) is 5.41 Å². The van der Waals surface area contributed by atoms with Gasteiger partial charge >= 0.3 is 0 Å². The highest BCUT2D eigenvalue weighted by Gasteiger charge is 2.07. The molecule has 0 aliphatic carbocycles. The molecule has 3 N–H and O–H groups in total. The molecular weight excluding hydrogens is 204 g/mol. The normalized spacial score (nSPS) is 10.5. The number of amidine groups is 1. The smallest absolute Gasteiger partial charge is 0.129 e. The SMILES string of the molecule is COc1ccc(COC(C)C)cc1C(=N)N. The van der Waals surface area contributed by atoms with Gasteiger partial charge in [0, 0.05) is 0 Å². The first-order chi connectivity index (χ1) is 7.54. The van der Waals surface area contributed by atoms with Crippen molar-refractivity contribution in [2.75, 3.05) is 7.11 Å². The summed E-state index contributed by atoms with van der Waals surface area (Å²) in [4.78, 5) is 0. The standard InChI is InChI=1S/C12H18N2O2/c1-8(2)16-7-9-4-5-11(15-3)10(6-9)12(13)14/h4-6,8H,7H2,1-3H3,(H3,13,14). The summed E-state index contributed by atoms with van der Waals surface area (Å²) in [6.07, 6.45) is 0.183. The Morgan fingerprint density at radius 1 is 1.44 bits per heavy atom. The van der Waals surface area contributed by atoms with E-state index in [2.05, 4.69) is 0 Å². The number of hydrogen-bond donors (Lipinski definition) is 2. The van der Waals surface area contributed by atoms with Gasteiger partial charge in [0.15, 0.2) is 0 Å². The van der Waals surface area contributed by atoms with Crippen molar-refractivity contribution in [3.05, 3.63) is 29.3 Å². The Hall–Kier alpha value is -1.55. The summed E-state index contributed by atoms with van der Waals surface area (Å²) in [7, 11) is 1.56. The zero-order valence-corrected chi connectivity index (χ0v) is 9.91. The molecule has 0 saturated carbocycles. The number of nitrogen functional groups attached to an aromatic ring is 1. The molecule has 0 atom stereocenters. The third kappa shape index (κ3) is 3.24. The van der Waals surface area contributed by atoms with Crippen molar-refractivity contribution in [2.24, 2.45) is 5.73 Å². The van der Waals surface area contributed by atoms with Crippen LogP contribution in [0.4, 0.5) is 0 Å². The second-order valence-electron chi connectivity index (χ2n) is 3.81. The van der Waals surface area contributed by atoms with Crippen molar-refractivity contribution in [1.29, 1.82) is 5.41 Å². The highest BCUT2D eigenvalue weighted by atomic mass is 16.5. The van der Waals surface area contributed by atoms with E-state index in [1.807, 2.05) is 26.0 Å². The fraction of sp³-hybridized carbons (Fsp3) is 0.417. The van der Waals surface area contributed by atoms with Crippen LogP contribution in [0.3, 0.4) is 0 Å². The maximum atomic E-state index is 7.45. The Balaban J connectivity index is 2.89. The predicted molar refractivity (Wildman–Crippen MR) is 63.9 cm³/mol. The van der Waals surface area contributed by atoms with Gasteiger partial charge in [0.2, 0.25) is 0 Å². The number of nitrogens with two attached hydrogens (primary N) is 1. The van der Waals surface area contributed by atoms with Crippen LogP contribution in [0.1, 0.15) is 25.0 Å². The van der Waals surface area contributed by atoms with Crippen molar-refractivity contribution in [1.82, 2.24) is 0 Å². The van der Waals surface area contributed by atoms with Crippen molar-refractivity contribution in [3.63, 3.8) is 0 Å². The van der Waals surface area contributed by atoms with E-state index in [0.717, 1.165) is 5.56 Å². The number of ether oxygens (including phenoxy) is 2. The van der Waals surface area contributed by atoms with Crippen molar-refractivity contribution in [3.8, 4) is 5.75 Å². The minimum atomic E-state index is 0.00301. The first-order valence-corrected chi connectivity index (χ1v) is 5.17. The fourth-order valence-corrected chi connectivity index (χ4v) is 1.32. The summed E-state index contributed by atoms with van der Waals surface area (Å²) in [5.74, 6) is 0.615. The van der Waals surface area contributed by atoms with Gasteiger partial charge in [-0.15, -0.1) is 0 Å². The molecule has 0 aliphatic rings. The van der Waals surface area contributed by atoms with E-state index in [9.17, 15) is 0 Å². The number of methoxy groups -OCH3 is 1. The van der Waals surface area contributed by atoms with Crippen molar-refractivity contribution in [2.45, 2.75) is 26.6 Å². The number of benzene rings is 1. The summed E-state index contributed by atoms with van der Waals surface area (Å²) in [5.41, 5.74) is 7.07. The number of nitrogens with one attached hydrogen (secondary N) is 1. The van der Waals surface area contributed by atoms with E-state index < -0.39 is 0 Å². The fourth-order valence-electron chi connectivity index (χ4n) is 1.32. The molecule has 0 fully saturated rings. The van der Waals surface area contributed by atoms with E-state index in [1.54, 1.807) is 13.2 Å². The molecular formula is C12H18N2O2. The van der Waals surface area contributed by atoms with Gasteiger partial charge in [-0.25, -0.2) is 0 Å². The lowest BCUT2D eigenvalue weighted by Crippen LogP contribution is -2.13. The lowest BCUT2D eigenvalue weighted by molar-refractivity contribution is 0.0657. The second kappa shape index (κ2) is 5.51. The molecule has 0 aliphatic heterocycles. The van der Waals surface area contributed by atoms with Gasteiger partial charge in [-0.2, -0.15) is 0 Å². The quantitative estimate of drug-likeness (QED) is 0.590. The van der Waals surface area contributed by atoms with Crippen LogP contribution >= 0.6 is 0 Å². The Morgan fingerprint density at radius 2 is 2.12 bits per heavy atom. The van der Waals surface area contributed by atoms with Crippen LogP contribution in [-0.2, 0) is 11.3 Å². The monoisotopic (exact) mass is 222 g/mol. The summed E-state index contributed by atoms with van der Waals surface area (Å²) in [6.45, 7) is 4.48. The molecule has 1 rings (SSSR count). The average molecular weight is 222 g/mol. The summed E-state index contributed by atoms with van der Waals surface area (Å²) >= 11 is 0. The summed E-state index contributed by atoms with van der Waals surface area (Å²) in [5, 5.41) is 7.45. The number of rotatable bonds is 5. The molecule has 0 amide bonds. The summed E-state index contributed by atoms with van der Waals surface area (Å²) < 4.78 is 10.6. The third-order valence-electron chi connectivity index (χ3n) is 2.14. The third-order valence-corrected chi connectivity index (χ3v) is 2.14. The first-order valence-electron chi connectivity index (χ1n) is 5.17. The van der Waals surface area contributed by atoms with Crippen molar-refractivity contribution < 1.29 is 9.47 Å². The molecule has 0 heterocycles. The lowest BCUT2D eigenvalue weighted by atomic mass is 10.1. The zero-order valence-electron chi connectivity index (χ0n) is 9.91. The van der Waals surface area contributed by atoms with E-state index in [1.165, 1.54) is 0 Å². The largest absolute Gasteiger partial charge is 0.496 e. The molecule has 88 valence electrons. The molecule has 0 spiro atoms. The molecule has 0 saturated heterocycles. The molecule has 1 aromatic rings. The van der Waals surface area contributed by atoms with E-state index in [4.69, 9.17) is 20.6 Å². The highest BCUT2D eigenvalue weighted by Crippen LogP contribution is 2.19. The van der Waals surface area contributed by atoms with Crippen LogP contribution < -0.4 is 10.5 Å². The molecule has 16 heavy (non-hydrogen) atoms. The Morgan fingerprint density at radius 3 is 2.62 bits per heavy atom. The number of hydrogen-bond acceptors (Lipinski definition) is 3. The lowest BCUT2D eigenvalue weighted by Gasteiger charge is -2.11. The van der Waals surface area contributed by atoms with Crippen LogP contribution in [0.2, 0.25) is 0 Å².